The van der Waals surface area contributed by atoms with E-state index in [1.807, 2.05) is 6.20 Å². The lowest BCUT2D eigenvalue weighted by Gasteiger charge is -2.25. The van der Waals surface area contributed by atoms with Crippen LogP contribution in [0.3, 0.4) is 0 Å². The predicted molar refractivity (Wildman–Crippen MR) is 95.4 cm³/mol. The first-order valence-corrected chi connectivity index (χ1v) is 8.90. The van der Waals surface area contributed by atoms with Gasteiger partial charge in [-0.05, 0) is 31.5 Å². The van der Waals surface area contributed by atoms with E-state index in [0.717, 1.165) is 29.6 Å². The van der Waals surface area contributed by atoms with Gasteiger partial charge >= 0.3 is 0 Å². The van der Waals surface area contributed by atoms with Gasteiger partial charge in [-0.2, -0.15) is 0 Å². The molecule has 0 spiro atoms. The molecule has 0 amide bonds. The first-order valence-electron chi connectivity index (χ1n) is 8.90. The van der Waals surface area contributed by atoms with Crippen LogP contribution in [-0.4, -0.2) is 42.4 Å². The number of aromatic nitrogens is 5. The van der Waals surface area contributed by atoms with Crippen LogP contribution < -0.4 is 5.56 Å². The van der Waals surface area contributed by atoms with Crippen molar-refractivity contribution in [2.45, 2.75) is 38.4 Å². The molecular weight excluding hydrogens is 354 g/mol. The molecule has 4 rings (SSSR count). The molecular formula is C18H20F2N6O. The van der Waals surface area contributed by atoms with E-state index in [1.54, 1.807) is 36.0 Å². The second-order valence-electron chi connectivity index (χ2n) is 6.81. The van der Waals surface area contributed by atoms with Crippen LogP contribution >= 0.6 is 0 Å². The van der Waals surface area contributed by atoms with Gasteiger partial charge in [-0.15, -0.1) is 5.10 Å². The minimum atomic E-state index is -2.63. The first-order chi connectivity index (χ1) is 13.0. The summed E-state index contributed by atoms with van der Waals surface area (Å²) < 4.78 is 29.2. The fraction of sp³-hybridized carbons (Fsp3) is 0.444. The van der Waals surface area contributed by atoms with Crippen LogP contribution in [-0.2, 0) is 20.1 Å². The highest BCUT2D eigenvalue weighted by Crippen LogP contribution is 2.32. The van der Waals surface area contributed by atoms with Gasteiger partial charge < -0.3 is 0 Å². The van der Waals surface area contributed by atoms with Crippen molar-refractivity contribution >= 4 is 10.9 Å². The smallest absolute Gasteiger partial charge is 0.261 e. The van der Waals surface area contributed by atoms with Crippen LogP contribution in [0, 0.1) is 0 Å². The average molecular weight is 374 g/mol. The summed E-state index contributed by atoms with van der Waals surface area (Å²) in [6.07, 6.45) is 0.866. The highest BCUT2D eigenvalue weighted by molar-refractivity contribution is 5.77. The van der Waals surface area contributed by atoms with Crippen molar-refractivity contribution in [3.8, 4) is 0 Å². The molecule has 0 aliphatic carbocycles. The van der Waals surface area contributed by atoms with E-state index in [9.17, 15) is 13.6 Å². The lowest BCUT2D eigenvalue weighted by Crippen LogP contribution is -2.33. The lowest BCUT2D eigenvalue weighted by atomic mass is 10.1. The third kappa shape index (κ3) is 3.46. The van der Waals surface area contributed by atoms with Crippen molar-refractivity contribution in [1.82, 2.24) is 29.4 Å². The summed E-state index contributed by atoms with van der Waals surface area (Å²) in [6.45, 7) is 0.677. The first kappa shape index (κ1) is 17.7. The Morgan fingerprint density at radius 1 is 1.30 bits per heavy atom. The highest BCUT2D eigenvalue weighted by atomic mass is 19.3. The number of rotatable bonds is 5. The van der Waals surface area contributed by atoms with Crippen molar-refractivity contribution in [2.75, 3.05) is 6.54 Å². The van der Waals surface area contributed by atoms with E-state index < -0.39 is 18.5 Å². The van der Waals surface area contributed by atoms with Gasteiger partial charge in [0.2, 0.25) is 0 Å². The molecule has 3 heterocycles. The number of alkyl halides is 2. The Morgan fingerprint density at radius 3 is 2.85 bits per heavy atom. The normalized spacial score (nSPS) is 18.0. The number of para-hydroxylation sites is 1. The van der Waals surface area contributed by atoms with Crippen LogP contribution in [0.25, 0.3) is 10.9 Å². The van der Waals surface area contributed by atoms with Gasteiger partial charge in [-0.1, -0.05) is 17.3 Å². The molecule has 1 saturated heterocycles. The molecule has 0 bridgehead atoms. The zero-order chi connectivity index (χ0) is 19.0. The maximum absolute atomic E-state index is 13.2. The molecule has 9 heteroatoms. The van der Waals surface area contributed by atoms with E-state index in [1.165, 1.54) is 0 Å². The van der Waals surface area contributed by atoms with Gasteiger partial charge in [0, 0.05) is 19.8 Å². The zero-order valence-electron chi connectivity index (χ0n) is 14.9. The quantitative estimate of drug-likeness (QED) is 0.684. The third-order valence-electron chi connectivity index (χ3n) is 4.89. The fourth-order valence-corrected chi connectivity index (χ4v) is 3.74. The molecule has 0 radical (unpaired) electrons. The second-order valence-corrected chi connectivity index (χ2v) is 6.81. The van der Waals surface area contributed by atoms with Crippen molar-refractivity contribution in [1.29, 1.82) is 0 Å². The minimum absolute atomic E-state index is 0.205. The van der Waals surface area contributed by atoms with E-state index in [-0.39, 0.29) is 6.04 Å². The number of hydrogen-bond acceptors (Lipinski definition) is 5. The molecule has 1 aliphatic rings. The SMILES string of the molecule is Cn1cc(CN2CCCC2c2nc3ccccc3c(=O)n2CC(F)F)nn1. The van der Waals surface area contributed by atoms with Gasteiger partial charge in [0.1, 0.15) is 5.82 Å². The van der Waals surface area contributed by atoms with Crippen LogP contribution in [0.1, 0.15) is 30.4 Å². The molecule has 2 aromatic heterocycles. The van der Waals surface area contributed by atoms with Crippen LogP contribution in [0.5, 0.6) is 0 Å². The molecule has 1 atom stereocenters. The Morgan fingerprint density at radius 2 is 2.11 bits per heavy atom. The van der Waals surface area contributed by atoms with Crippen LogP contribution in [0.15, 0.2) is 35.3 Å². The lowest BCUT2D eigenvalue weighted by molar-refractivity contribution is 0.120. The number of hydrogen-bond donors (Lipinski definition) is 0. The summed E-state index contributed by atoms with van der Waals surface area (Å²) in [6, 6.07) is 6.68. The number of likely N-dealkylation sites (tertiary alicyclic amines) is 1. The predicted octanol–water partition coefficient (Wildman–Crippen LogP) is 2.13. The maximum atomic E-state index is 13.2. The zero-order valence-corrected chi connectivity index (χ0v) is 14.9. The number of halogens is 2. The maximum Gasteiger partial charge on any atom is 0.261 e. The Hall–Kier alpha value is -2.68. The number of benzene rings is 1. The van der Waals surface area contributed by atoms with Gasteiger partial charge in [-0.3, -0.25) is 18.9 Å². The summed E-state index contributed by atoms with van der Waals surface area (Å²) >= 11 is 0. The van der Waals surface area contributed by atoms with Crippen molar-refractivity contribution in [3.05, 3.63) is 52.3 Å². The summed E-state index contributed by atoms with van der Waals surface area (Å²) in [4.78, 5) is 19.6. The molecule has 1 aliphatic heterocycles. The average Bonchev–Trinajstić information content (AvgIpc) is 3.26. The standard InChI is InChI=1S/C18H20F2N6O/c1-24-9-12(22-23-24)10-25-8-4-7-15(25)17-21-14-6-3-2-5-13(14)18(27)26(17)11-16(19)20/h2-3,5-6,9,15-16H,4,7-8,10-11H2,1H3. The minimum Gasteiger partial charge on any atom is -0.289 e. The van der Waals surface area contributed by atoms with E-state index in [2.05, 4.69) is 20.2 Å². The summed E-state index contributed by atoms with van der Waals surface area (Å²) in [5, 5.41) is 8.41. The molecule has 3 aromatic rings. The molecule has 27 heavy (non-hydrogen) atoms. The van der Waals surface area contributed by atoms with Crippen molar-refractivity contribution in [3.63, 3.8) is 0 Å². The molecule has 0 saturated carbocycles. The Kier molecular flexibility index (Phi) is 4.69. The number of fused-ring (bicyclic) bond motifs is 1. The molecule has 7 nitrogen and oxygen atoms in total. The topological polar surface area (TPSA) is 68.8 Å². The van der Waals surface area contributed by atoms with Crippen LogP contribution in [0.2, 0.25) is 0 Å². The molecule has 1 unspecified atom stereocenters. The summed E-state index contributed by atoms with van der Waals surface area (Å²) in [5.74, 6) is 0.403. The monoisotopic (exact) mass is 374 g/mol. The van der Waals surface area contributed by atoms with E-state index in [0.29, 0.717) is 23.3 Å². The van der Waals surface area contributed by atoms with Gasteiger partial charge in [0.05, 0.1) is 29.2 Å². The molecule has 0 N–H and O–H groups in total. The fourth-order valence-electron chi connectivity index (χ4n) is 3.74. The van der Waals surface area contributed by atoms with Crippen molar-refractivity contribution < 1.29 is 8.78 Å². The molecule has 142 valence electrons. The second kappa shape index (κ2) is 7.15. The van der Waals surface area contributed by atoms with Crippen LogP contribution in [0.4, 0.5) is 8.78 Å². The number of aryl methyl sites for hydroxylation is 1. The Bertz CT molecular complexity index is 1010. The molecule has 1 aromatic carbocycles. The third-order valence-corrected chi connectivity index (χ3v) is 4.89. The Labute approximate surface area is 154 Å². The van der Waals surface area contributed by atoms with Gasteiger partial charge in [0.25, 0.3) is 12.0 Å². The highest BCUT2D eigenvalue weighted by Gasteiger charge is 2.31. The van der Waals surface area contributed by atoms with Gasteiger partial charge in [0.15, 0.2) is 0 Å². The number of nitrogens with zero attached hydrogens (tertiary/aromatic N) is 6. The summed E-state index contributed by atoms with van der Waals surface area (Å²) in [5.41, 5.74) is 0.921. The Balaban J connectivity index is 1.77. The van der Waals surface area contributed by atoms with Gasteiger partial charge in [-0.25, -0.2) is 13.8 Å². The molecule has 1 fully saturated rings. The summed E-state index contributed by atoms with van der Waals surface area (Å²) in [7, 11) is 1.79. The van der Waals surface area contributed by atoms with E-state index >= 15 is 0 Å². The van der Waals surface area contributed by atoms with E-state index in [4.69, 9.17) is 0 Å². The largest absolute Gasteiger partial charge is 0.289 e. The van der Waals surface area contributed by atoms with Crippen molar-refractivity contribution in [2.24, 2.45) is 7.05 Å².